The van der Waals surface area contributed by atoms with Gasteiger partial charge in [0.2, 0.25) is 5.52 Å². The van der Waals surface area contributed by atoms with Gasteiger partial charge in [0.25, 0.3) is 25.2 Å². The number of rotatable bonds is 13. The maximum absolute atomic E-state index is 11.6. The van der Waals surface area contributed by atoms with Gasteiger partial charge in [-0.1, -0.05) is 59.5 Å². The molecule has 1 atom stereocenters. The van der Waals surface area contributed by atoms with Crippen molar-refractivity contribution in [2.24, 2.45) is 0 Å². The molecule has 10 nitrogen and oxygen atoms in total. The Morgan fingerprint density at radius 3 is 2.30 bits per heavy atom. The number of hydrogen-bond acceptors (Lipinski definition) is 9. The summed E-state index contributed by atoms with van der Waals surface area (Å²) in [4.78, 5) is 3.12. The Hall–Kier alpha value is -3.66. The number of nitrogens with zero attached hydrogens (tertiary/aromatic N) is 2. The van der Waals surface area contributed by atoms with Gasteiger partial charge in [-0.15, -0.1) is 0 Å². The topological polar surface area (TPSA) is 134 Å². The number of benzene rings is 3. The van der Waals surface area contributed by atoms with Gasteiger partial charge in [0.05, 0.1) is 42.5 Å². The quantitative estimate of drug-likeness (QED) is 0.108. The van der Waals surface area contributed by atoms with E-state index in [2.05, 4.69) is 39.8 Å². The van der Waals surface area contributed by atoms with Gasteiger partial charge in [-0.25, -0.2) is 0 Å². The van der Waals surface area contributed by atoms with Crippen LogP contribution in [-0.2, 0) is 26.8 Å². The smallest absolute Gasteiger partial charge is 0.265 e. The first kappa shape index (κ1) is 36.1. The van der Waals surface area contributed by atoms with E-state index in [1.807, 2.05) is 54.6 Å². The highest BCUT2D eigenvalue weighted by atomic mass is 32.2. The lowest BCUT2D eigenvalue weighted by Crippen LogP contribution is -2.36. The van der Waals surface area contributed by atoms with E-state index in [-0.39, 0.29) is 30.3 Å². The van der Waals surface area contributed by atoms with Gasteiger partial charge in [-0.05, 0) is 72.2 Å². The maximum atomic E-state index is 11.6. The van der Waals surface area contributed by atoms with Gasteiger partial charge < -0.3 is 14.4 Å². The van der Waals surface area contributed by atoms with Crippen molar-refractivity contribution in [1.29, 1.82) is 0 Å². The van der Waals surface area contributed by atoms with Crippen LogP contribution >= 0.6 is 23.1 Å². The number of thioether (sulfide) groups is 1. The first-order valence-corrected chi connectivity index (χ1v) is 21.0. The second-order valence-corrected chi connectivity index (χ2v) is 17.5. The van der Waals surface area contributed by atoms with Crippen LogP contribution in [0.3, 0.4) is 0 Å². The van der Waals surface area contributed by atoms with Crippen molar-refractivity contribution in [1.82, 2.24) is 0 Å². The molecule has 2 N–H and O–H groups in total. The van der Waals surface area contributed by atoms with Gasteiger partial charge in [0, 0.05) is 30.0 Å². The van der Waals surface area contributed by atoms with Gasteiger partial charge in [0.1, 0.15) is 16.2 Å². The Labute approximate surface area is 301 Å². The molecule has 0 spiro atoms. The van der Waals surface area contributed by atoms with Crippen molar-refractivity contribution in [3.8, 4) is 11.5 Å². The SMILES string of the molecule is COc1ccc2c(c1)N(CCCS(=O)(=O)O)C(=CC1=CC(=Cc3sc4ccc(OC)cc4[n+]3CCCS(=O)(=O)O)CC(c3ccccc3)C1)S2. The lowest BCUT2D eigenvalue weighted by atomic mass is 9.81. The number of allylic oxidation sites excluding steroid dienone is 4. The van der Waals surface area contributed by atoms with Crippen molar-refractivity contribution in [3.63, 3.8) is 0 Å². The standard InChI is InChI=1S/C36H38N2O8S4/c1-45-29-10-12-33-31(23-29)37(14-6-16-49(39,40)41)35(47-33)21-25-18-26(20-28(19-25)27-8-4-3-5-9-27)22-36-38(15-7-17-50(42,43)44)32-24-30(46-2)11-13-34(32)48-36/h3-5,8-13,18,21-24,28H,6-7,14-17,19-20H2,1-2H3,(H-,39,40,41,42,43,44)/p+1. The molecule has 0 saturated heterocycles. The van der Waals surface area contributed by atoms with E-state index >= 15 is 0 Å². The predicted octanol–water partition coefficient (Wildman–Crippen LogP) is 7.10. The van der Waals surface area contributed by atoms with E-state index in [0.717, 1.165) is 54.8 Å². The summed E-state index contributed by atoms with van der Waals surface area (Å²) < 4.78 is 79.2. The molecule has 4 aromatic rings. The molecule has 1 unspecified atom stereocenters. The third kappa shape index (κ3) is 8.97. The van der Waals surface area contributed by atoms with Gasteiger partial charge in [-0.3, -0.25) is 9.11 Å². The van der Waals surface area contributed by atoms with Crippen molar-refractivity contribution < 1.29 is 40.0 Å². The summed E-state index contributed by atoms with van der Waals surface area (Å²) in [7, 11) is -4.99. The predicted molar refractivity (Wildman–Crippen MR) is 199 cm³/mol. The fourth-order valence-electron chi connectivity index (χ4n) is 6.38. The Bertz CT molecular complexity index is 2190. The number of fused-ring (bicyclic) bond motifs is 2. The fraction of sp³-hybridized carbons (Fsp3) is 0.306. The molecule has 2 heterocycles. The Kier molecular flexibility index (Phi) is 11.1. The van der Waals surface area contributed by atoms with Gasteiger partial charge >= 0.3 is 0 Å². The lowest BCUT2D eigenvalue weighted by Gasteiger charge is -2.25. The molecule has 264 valence electrons. The van der Waals surface area contributed by atoms with Crippen molar-refractivity contribution >= 4 is 65.3 Å². The summed E-state index contributed by atoms with van der Waals surface area (Å²) >= 11 is 3.23. The monoisotopic (exact) mass is 755 g/mol. The van der Waals surface area contributed by atoms with Crippen LogP contribution in [-0.4, -0.2) is 58.2 Å². The van der Waals surface area contributed by atoms with Crippen LogP contribution < -0.4 is 18.9 Å². The molecule has 50 heavy (non-hydrogen) atoms. The number of hydrogen-bond donors (Lipinski definition) is 2. The highest BCUT2D eigenvalue weighted by Gasteiger charge is 2.29. The minimum absolute atomic E-state index is 0.198. The van der Waals surface area contributed by atoms with Crippen LogP contribution in [0.2, 0.25) is 0 Å². The van der Waals surface area contributed by atoms with Crippen LogP contribution in [0.5, 0.6) is 11.5 Å². The van der Waals surface area contributed by atoms with Crippen LogP contribution in [0.15, 0.2) is 100.0 Å². The van der Waals surface area contributed by atoms with E-state index in [1.165, 1.54) is 5.56 Å². The minimum atomic E-state index is -4.10. The first-order valence-electron chi connectivity index (χ1n) is 16.1. The molecule has 0 bridgehead atoms. The molecular formula is C36H39N2O8S4+. The Morgan fingerprint density at radius 1 is 0.880 bits per heavy atom. The summed E-state index contributed by atoms with van der Waals surface area (Å²) in [6.07, 6.45) is 8.63. The molecule has 3 aromatic carbocycles. The van der Waals surface area contributed by atoms with Gasteiger partial charge in [-0.2, -0.15) is 21.4 Å². The Morgan fingerprint density at radius 2 is 1.58 bits per heavy atom. The zero-order valence-electron chi connectivity index (χ0n) is 27.7. The molecule has 2 aliphatic rings. The highest BCUT2D eigenvalue weighted by molar-refractivity contribution is 8.03. The third-order valence-electron chi connectivity index (χ3n) is 8.67. The number of aryl methyl sites for hydroxylation is 1. The highest BCUT2D eigenvalue weighted by Crippen LogP contribution is 2.49. The molecule has 6 rings (SSSR count). The Balaban J connectivity index is 1.41. The van der Waals surface area contributed by atoms with Crippen LogP contribution in [0.25, 0.3) is 16.3 Å². The molecular weight excluding hydrogens is 717 g/mol. The van der Waals surface area contributed by atoms with E-state index in [4.69, 9.17) is 9.47 Å². The molecule has 1 aromatic heterocycles. The average molecular weight is 756 g/mol. The van der Waals surface area contributed by atoms with Crippen LogP contribution in [0, 0.1) is 0 Å². The van der Waals surface area contributed by atoms with E-state index < -0.39 is 20.2 Å². The summed E-state index contributed by atoms with van der Waals surface area (Å²) in [5.41, 5.74) is 5.29. The normalized spacial score (nSPS) is 18.1. The molecule has 0 radical (unpaired) electrons. The minimum Gasteiger partial charge on any atom is -0.497 e. The summed E-state index contributed by atoms with van der Waals surface area (Å²) in [6, 6.07) is 22.1. The van der Waals surface area contributed by atoms with E-state index in [1.54, 1.807) is 37.3 Å². The number of anilines is 1. The molecule has 0 saturated carbocycles. The fourth-order valence-corrected chi connectivity index (χ4v) is 9.66. The van der Waals surface area contributed by atoms with Crippen molar-refractivity contribution in [2.45, 2.75) is 43.0 Å². The zero-order chi connectivity index (χ0) is 35.5. The molecule has 14 heteroatoms. The third-order valence-corrected chi connectivity index (χ3v) is 12.5. The summed E-state index contributed by atoms with van der Waals surface area (Å²) in [5, 5.41) is 1.91. The number of ether oxygens (including phenoxy) is 2. The van der Waals surface area contributed by atoms with Crippen molar-refractivity contribution in [3.05, 3.63) is 106 Å². The van der Waals surface area contributed by atoms with Crippen LogP contribution in [0.4, 0.5) is 5.69 Å². The van der Waals surface area contributed by atoms with Crippen LogP contribution in [0.1, 0.15) is 42.2 Å². The van der Waals surface area contributed by atoms with E-state index in [0.29, 0.717) is 24.6 Å². The number of methoxy groups -OCH3 is 2. The summed E-state index contributed by atoms with van der Waals surface area (Å²) in [6.45, 7) is 0.789. The number of thiazole rings is 1. The second kappa shape index (κ2) is 15.3. The van der Waals surface area contributed by atoms with Gasteiger partial charge in [0.15, 0.2) is 6.54 Å². The molecule has 1 aliphatic carbocycles. The second-order valence-electron chi connectivity index (χ2n) is 12.2. The average Bonchev–Trinajstić information content (AvgIpc) is 3.59. The molecule has 0 amide bonds. The molecule has 0 fully saturated rings. The van der Waals surface area contributed by atoms with Crippen molar-refractivity contribution in [2.75, 3.05) is 37.2 Å². The first-order chi connectivity index (χ1) is 23.9. The number of aromatic nitrogens is 1. The van der Waals surface area contributed by atoms with E-state index in [9.17, 15) is 25.9 Å². The zero-order valence-corrected chi connectivity index (χ0v) is 31.0. The molecule has 1 aliphatic heterocycles. The maximum Gasteiger partial charge on any atom is 0.265 e. The summed E-state index contributed by atoms with van der Waals surface area (Å²) in [5.74, 6) is 0.920. The largest absolute Gasteiger partial charge is 0.497 e. The lowest BCUT2D eigenvalue weighted by molar-refractivity contribution is -0.668.